The molecule has 4 unspecified atom stereocenters. The van der Waals surface area contributed by atoms with Gasteiger partial charge >= 0.3 is 12.1 Å². The highest BCUT2D eigenvalue weighted by molar-refractivity contribution is 6.00. The first-order chi connectivity index (χ1) is 26.5. The number of esters is 1. The summed E-state index contributed by atoms with van der Waals surface area (Å²) in [6, 6.07) is -1.13. The largest absolute Gasteiger partial charge is 0.458 e. The number of ketones is 1. The van der Waals surface area contributed by atoms with E-state index in [0.29, 0.717) is 50.4 Å². The lowest BCUT2D eigenvalue weighted by Gasteiger charge is -2.47. The molecule has 5 rings (SSSR count). The van der Waals surface area contributed by atoms with Crippen molar-refractivity contribution in [3.63, 3.8) is 0 Å². The van der Waals surface area contributed by atoms with Gasteiger partial charge in [0.15, 0.2) is 23.5 Å². The molecule has 0 saturated carbocycles. The number of hydrogen-bond donors (Lipinski definition) is 4. The quantitative estimate of drug-likeness (QED) is 0.198. The number of methoxy groups -OCH3 is 1. The normalized spacial score (nSPS) is 37.6. The van der Waals surface area contributed by atoms with E-state index in [2.05, 4.69) is 42.9 Å². The predicted molar refractivity (Wildman–Crippen MR) is 202 cm³/mol. The summed E-state index contributed by atoms with van der Waals surface area (Å²) in [6.45, 7) is 14.0. The molecule has 0 aromatic carbocycles. The summed E-state index contributed by atoms with van der Waals surface area (Å²) in [7, 11) is 5.34. The number of carbonyl (C=O) groups is 3. The molecule has 1 amide bonds. The molecule has 0 spiro atoms. The molecule has 4 N–H and O–H groups in total. The highest BCUT2D eigenvalue weighted by Gasteiger charge is 2.55. The van der Waals surface area contributed by atoms with Crippen molar-refractivity contribution < 1.29 is 43.2 Å². The SMILES string of the molecule is CC[C@H]1OC(=O)C(C)C(=O)[C@H](C)[C@@H](O[C@@H]2OC(CNCc3cncc(-n4cncn4)n3)CC(N(C)C)C2O)[C@](C)(OC)C[C@@H](C)CN[C@H](C)[C@H]2NC(=O)O[C@@]21C. The van der Waals surface area contributed by atoms with Gasteiger partial charge < -0.3 is 49.6 Å². The lowest BCUT2D eigenvalue weighted by molar-refractivity contribution is -0.297. The van der Waals surface area contributed by atoms with Crippen LogP contribution < -0.4 is 16.0 Å². The zero-order chi connectivity index (χ0) is 40.9. The minimum absolute atomic E-state index is 0.0164. The van der Waals surface area contributed by atoms with Crippen molar-refractivity contribution in [2.75, 3.05) is 34.3 Å². The molecule has 3 aliphatic heterocycles. The van der Waals surface area contributed by atoms with E-state index in [1.54, 1.807) is 39.7 Å². The van der Waals surface area contributed by atoms with E-state index in [1.807, 2.05) is 39.8 Å². The van der Waals surface area contributed by atoms with Crippen LogP contribution in [0.25, 0.3) is 5.82 Å². The lowest BCUT2D eigenvalue weighted by Crippen LogP contribution is -2.60. The zero-order valence-electron chi connectivity index (χ0n) is 34.3. The molecule has 0 radical (unpaired) electrons. The van der Waals surface area contributed by atoms with Gasteiger partial charge in [0, 0.05) is 44.4 Å². The van der Waals surface area contributed by atoms with Gasteiger partial charge in [0.2, 0.25) is 0 Å². The second-order valence-electron chi connectivity index (χ2n) is 16.2. The fourth-order valence-corrected chi connectivity index (χ4v) is 8.43. The molecule has 13 atom stereocenters. The summed E-state index contributed by atoms with van der Waals surface area (Å²) in [4.78, 5) is 55.5. The summed E-state index contributed by atoms with van der Waals surface area (Å²) in [6.07, 6.45) is 2.55. The van der Waals surface area contributed by atoms with E-state index in [-0.39, 0.29) is 18.0 Å². The number of aromatic nitrogens is 5. The molecule has 2 aromatic heterocycles. The number of ether oxygens (including phenoxy) is 5. The van der Waals surface area contributed by atoms with Gasteiger partial charge in [0.1, 0.15) is 30.8 Å². The molecule has 3 fully saturated rings. The zero-order valence-corrected chi connectivity index (χ0v) is 34.3. The van der Waals surface area contributed by atoms with Crippen LogP contribution in [0, 0.1) is 17.8 Å². The Morgan fingerprint density at radius 1 is 1.12 bits per heavy atom. The maximum absolute atomic E-state index is 14.3. The first-order valence-corrected chi connectivity index (χ1v) is 19.6. The van der Waals surface area contributed by atoms with Crippen LogP contribution in [0.4, 0.5) is 4.79 Å². The minimum Gasteiger partial charge on any atom is -0.458 e. The van der Waals surface area contributed by atoms with Crippen molar-refractivity contribution in [2.24, 2.45) is 17.8 Å². The lowest BCUT2D eigenvalue weighted by atomic mass is 9.78. The van der Waals surface area contributed by atoms with E-state index in [0.717, 1.165) is 0 Å². The van der Waals surface area contributed by atoms with Crippen LogP contribution in [0.5, 0.6) is 0 Å². The van der Waals surface area contributed by atoms with Crippen LogP contribution in [0.15, 0.2) is 25.0 Å². The minimum atomic E-state index is -1.19. The van der Waals surface area contributed by atoms with E-state index in [9.17, 15) is 19.5 Å². The molecule has 56 heavy (non-hydrogen) atoms. The number of cyclic esters (lactones) is 1. The van der Waals surface area contributed by atoms with E-state index in [1.165, 1.54) is 17.9 Å². The maximum Gasteiger partial charge on any atom is 0.408 e. The monoisotopic (exact) mass is 787 g/mol. The fourth-order valence-electron chi connectivity index (χ4n) is 8.43. The second-order valence-corrected chi connectivity index (χ2v) is 16.2. The summed E-state index contributed by atoms with van der Waals surface area (Å²) < 4.78 is 32.8. The van der Waals surface area contributed by atoms with Crippen LogP contribution in [-0.2, 0) is 39.8 Å². The first-order valence-electron chi connectivity index (χ1n) is 19.6. The van der Waals surface area contributed by atoms with Gasteiger partial charge in [-0.05, 0) is 73.5 Å². The van der Waals surface area contributed by atoms with Gasteiger partial charge in [-0.3, -0.25) is 14.6 Å². The number of nitrogens with zero attached hydrogens (tertiary/aromatic N) is 6. The Balaban J connectivity index is 1.39. The number of rotatable bonds is 10. The highest BCUT2D eigenvalue weighted by Crippen LogP contribution is 2.37. The Hall–Kier alpha value is -3.65. The van der Waals surface area contributed by atoms with E-state index in [4.69, 9.17) is 23.7 Å². The van der Waals surface area contributed by atoms with Crippen molar-refractivity contribution in [1.82, 2.24) is 45.6 Å². The second kappa shape index (κ2) is 18.3. The van der Waals surface area contributed by atoms with Crippen LogP contribution in [-0.4, -0.2) is 147 Å². The van der Waals surface area contributed by atoms with Gasteiger partial charge in [-0.15, -0.1) is 0 Å². The number of carbonyl (C=O) groups excluding carboxylic acids is 3. The average Bonchev–Trinajstić information content (AvgIpc) is 3.82. The van der Waals surface area contributed by atoms with Crippen molar-refractivity contribution >= 4 is 17.8 Å². The molecule has 3 saturated heterocycles. The number of aliphatic hydroxyl groups is 1. The molecular weight excluding hydrogens is 726 g/mol. The fraction of sp³-hybridized carbons (Fsp3) is 0.763. The summed E-state index contributed by atoms with van der Waals surface area (Å²) in [5.41, 5.74) is -1.57. The third-order valence-electron chi connectivity index (χ3n) is 11.7. The Kier molecular flexibility index (Phi) is 14.2. The smallest absolute Gasteiger partial charge is 0.408 e. The van der Waals surface area contributed by atoms with Crippen LogP contribution in [0.2, 0.25) is 0 Å². The number of alkyl carbamates (subject to hydrolysis) is 1. The third-order valence-corrected chi connectivity index (χ3v) is 11.7. The van der Waals surface area contributed by atoms with Gasteiger partial charge in [-0.1, -0.05) is 20.8 Å². The highest BCUT2D eigenvalue weighted by atomic mass is 16.7. The molecule has 5 heterocycles. The third kappa shape index (κ3) is 9.54. The first kappa shape index (κ1) is 43.5. The molecule has 18 nitrogen and oxygen atoms in total. The van der Waals surface area contributed by atoms with Crippen molar-refractivity contribution in [3.05, 3.63) is 30.7 Å². The number of likely N-dealkylation sites (N-methyl/N-ethyl adjacent to an activating group) is 1. The molecule has 312 valence electrons. The summed E-state index contributed by atoms with van der Waals surface area (Å²) in [5.74, 6) is -2.72. The number of fused-ring (bicyclic) bond motifs is 1. The van der Waals surface area contributed by atoms with Crippen molar-refractivity contribution in [2.45, 2.75) is 134 Å². The topological polar surface area (TPSA) is 213 Å². The van der Waals surface area contributed by atoms with Crippen molar-refractivity contribution in [1.29, 1.82) is 0 Å². The summed E-state index contributed by atoms with van der Waals surface area (Å²) in [5, 5.41) is 25.7. The van der Waals surface area contributed by atoms with E-state index < -0.39 is 77.6 Å². The average molecular weight is 788 g/mol. The van der Waals surface area contributed by atoms with Crippen LogP contribution in [0.1, 0.15) is 73.4 Å². The molecule has 0 aliphatic carbocycles. The summed E-state index contributed by atoms with van der Waals surface area (Å²) >= 11 is 0. The number of nitrogens with one attached hydrogen (secondary N) is 3. The van der Waals surface area contributed by atoms with Gasteiger partial charge in [0.25, 0.3) is 0 Å². The van der Waals surface area contributed by atoms with Crippen molar-refractivity contribution in [3.8, 4) is 5.82 Å². The van der Waals surface area contributed by atoms with E-state index >= 15 is 0 Å². The molecular formula is C38H61N9O9. The Bertz CT molecular complexity index is 1640. The molecule has 0 bridgehead atoms. The van der Waals surface area contributed by atoms with Gasteiger partial charge in [0.05, 0.1) is 35.7 Å². The molecule has 18 heteroatoms. The Labute approximate surface area is 329 Å². The maximum atomic E-state index is 14.3. The standard InChI is InChI=1S/C38H61N9O9/c1-11-28-38(7)32(45-36(51)56-38)24(5)42-14-21(2)13-37(6,52-10)33(22(3)30(48)23(4)34(50)54-28)55-35-31(49)27(46(8)9)12-26(53-35)17-39-15-25-16-40-18-29(44-25)47-20-41-19-43-47/h16,18-24,26-28,31-33,35,39,42,49H,11-15,17H2,1-10H3,(H,45,51)/t21-,22+,23?,24-,26?,27?,28-,31?,32-,33-,35+,37-,38-/m1/s1. The molecule has 3 aliphatic rings. The Morgan fingerprint density at radius 3 is 2.54 bits per heavy atom. The number of aliphatic hydroxyl groups excluding tert-OH is 1. The van der Waals surface area contributed by atoms with Gasteiger partial charge in [-0.2, -0.15) is 5.10 Å². The number of Topliss-reactive ketones (excluding diaryl/α,β-unsaturated/α-hetero) is 1. The number of hydrogen-bond acceptors (Lipinski definition) is 16. The van der Waals surface area contributed by atoms with Crippen LogP contribution >= 0.6 is 0 Å². The van der Waals surface area contributed by atoms with Gasteiger partial charge in [-0.25, -0.2) is 19.4 Å². The predicted octanol–water partition coefficient (Wildman–Crippen LogP) is 1.39. The molecule has 2 aromatic rings. The van der Waals surface area contributed by atoms with Crippen LogP contribution in [0.3, 0.4) is 0 Å². The number of amides is 1. The Morgan fingerprint density at radius 2 is 1.88 bits per heavy atom.